The molecule has 1 fully saturated rings. The first-order chi connectivity index (χ1) is 6.90. The van der Waals surface area contributed by atoms with E-state index in [4.69, 9.17) is 0 Å². The van der Waals surface area contributed by atoms with Crippen LogP contribution in [0.3, 0.4) is 0 Å². The molecule has 0 saturated heterocycles. The van der Waals surface area contributed by atoms with Crippen molar-refractivity contribution >= 4 is 0 Å². The number of aliphatic hydroxyl groups is 1. The molecule has 0 aliphatic heterocycles. The summed E-state index contributed by atoms with van der Waals surface area (Å²) in [5, 5.41) is 12.6. The molecule has 1 saturated carbocycles. The van der Waals surface area contributed by atoms with Gasteiger partial charge in [-0.2, -0.15) is 0 Å². The molecule has 2 heteroatoms. The Hall–Kier alpha value is -0.860. The first-order valence-electron chi connectivity index (χ1n) is 5.29. The highest BCUT2D eigenvalue weighted by Gasteiger charge is 2.22. The Balaban J connectivity index is 1.90. The van der Waals surface area contributed by atoms with Gasteiger partial charge in [-0.15, -0.1) is 0 Å². The van der Waals surface area contributed by atoms with Crippen molar-refractivity contribution in [1.82, 2.24) is 5.32 Å². The molecule has 2 N–H and O–H groups in total. The van der Waals surface area contributed by atoms with E-state index in [-0.39, 0.29) is 12.6 Å². The van der Waals surface area contributed by atoms with E-state index in [0.717, 1.165) is 12.5 Å². The fourth-order valence-corrected chi connectivity index (χ4v) is 1.60. The summed E-state index contributed by atoms with van der Waals surface area (Å²) in [5.74, 6) is 0.854. The van der Waals surface area contributed by atoms with Crippen LogP contribution in [0.2, 0.25) is 0 Å². The van der Waals surface area contributed by atoms with Gasteiger partial charge in [0.05, 0.1) is 12.6 Å². The molecule has 1 unspecified atom stereocenters. The third-order valence-electron chi connectivity index (χ3n) is 2.73. The van der Waals surface area contributed by atoms with Crippen molar-refractivity contribution in [2.45, 2.75) is 18.9 Å². The molecule has 0 amide bonds. The van der Waals surface area contributed by atoms with Crippen molar-refractivity contribution in [3.63, 3.8) is 0 Å². The van der Waals surface area contributed by atoms with Crippen LogP contribution in [0.1, 0.15) is 24.4 Å². The molecule has 2 nitrogen and oxygen atoms in total. The van der Waals surface area contributed by atoms with Crippen LogP contribution in [0.5, 0.6) is 0 Å². The highest BCUT2D eigenvalue weighted by atomic mass is 16.3. The maximum Gasteiger partial charge on any atom is 0.0626 e. The van der Waals surface area contributed by atoms with Crippen LogP contribution in [0, 0.1) is 5.92 Å². The maximum atomic E-state index is 9.25. The molecule has 1 aliphatic rings. The van der Waals surface area contributed by atoms with Crippen molar-refractivity contribution in [3.8, 4) is 0 Å². The van der Waals surface area contributed by atoms with Gasteiger partial charge in [0.2, 0.25) is 0 Å². The summed E-state index contributed by atoms with van der Waals surface area (Å²) in [4.78, 5) is 0. The maximum absolute atomic E-state index is 9.25. The van der Waals surface area contributed by atoms with Crippen molar-refractivity contribution in [2.24, 2.45) is 5.92 Å². The Morgan fingerprint density at radius 3 is 2.57 bits per heavy atom. The fraction of sp³-hybridized carbons (Fsp3) is 0.500. The van der Waals surface area contributed by atoms with Gasteiger partial charge >= 0.3 is 0 Å². The summed E-state index contributed by atoms with van der Waals surface area (Å²) in [6.45, 7) is 1.22. The monoisotopic (exact) mass is 191 g/mol. The number of hydrogen-bond acceptors (Lipinski definition) is 2. The lowest BCUT2D eigenvalue weighted by molar-refractivity contribution is 0.243. The van der Waals surface area contributed by atoms with E-state index in [0.29, 0.717) is 0 Å². The lowest BCUT2D eigenvalue weighted by Crippen LogP contribution is -2.26. The van der Waals surface area contributed by atoms with E-state index in [1.54, 1.807) is 0 Å². The van der Waals surface area contributed by atoms with E-state index in [9.17, 15) is 5.11 Å². The molecule has 1 aromatic rings. The van der Waals surface area contributed by atoms with Crippen LogP contribution >= 0.6 is 0 Å². The average Bonchev–Trinajstić information content (AvgIpc) is 3.04. The summed E-state index contributed by atoms with van der Waals surface area (Å²) in [6, 6.07) is 10.2. The first kappa shape index (κ1) is 9.69. The predicted molar refractivity (Wildman–Crippen MR) is 57.0 cm³/mol. The van der Waals surface area contributed by atoms with Gasteiger partial charge in [-0.3, -0.25) is 0 Å². The molecule has 1 atom stereocenters. The topological polar surface area (TPSA) is 32.3 Å². The molecule has 14 heavy (non-hydrogen) atoms. The number of hydrogen-bond donors (Lipinski definition) is 2. The summed E-state index contributed by atoms with van der Waals surface area (Å²) >= 11 is 0. The predicted octanol–water partition coefficient (Wildman–Crippen LogP) is 1.72. The highest BCUT2D eigenvalue weighted by molar-refractivity contribution is 5.18. The van der Waals surface area contributed by atoms with Crippen molar-refractivity contribution < 1.29 is 5.11 Å². The van der Waals surface area contributed by atoms with Gasteiger partial charge < -0.3 is 10.4 Å². The Kier molecular flexibility index (Phi) is 3.17. The zero-order valence-electron chi connectivity index (χ0n) is 8.32. The van der Waals surface area contributed by atoms with Crippen molar-refractivity contribution in [3.05, 3.63) is 35.9 Å². The molecule has 0 aromatic heterocycles. The lowest BCUT2D eigenvalue weighted by Gasteiger charge is -2.16. The van der Waals surface area contributed by atoms with Crippen molar-refractivity contribution in [2.75, 3.05) is 13.2 Å². The van der Waals surface area contributed by atoms with E-state index in [2.05, 4.69) is 17.4 Å². The highest BCUT2D eigenvalue weighted by Crippen LogP contribution is 2.28. The average molecular weight is 191 g/mol. The lowest BCUT2D eigenvalue weighted by atomic mass is 10.1. The summed E-state index contributed by atoms with van der Waals surface area (Å²) in [7, 11) is 0. The van der Waals surface area contributed by atoms with Gasteiger partial charge in [0, 0.05) is 0 Å². The smallest absolute Gasteiger partial charge is 0.0626 e. The Labute approximate surface area is 85.0 Å². The van der Waals surface area contributed by atoms with Crippen LogP contribution in [0.15, 0.2) is 30.3 Å². The standard InChI is InChI=1S/C12H17NO/c14-9-12(13-8-10-6-7-10)11-4-2-1-3-5-11/h1-5,10,12-14H,6-9H2. The van der Waals surface area contributed by atoms with E-state index in [1.807, 2.05) is 18.2 Å². The van der Waals surface area contributed by atoms with Gasteiger partial charge in [-0.1, -0.05) is 30.3 Å². The van der Waals surface area contributed by atoms with Gasteiger partial charge in [0.1, 0.15) is 0 Å². The normalized spacial score (nSPS) is 18.1. The molecular weight excluding hydrogens is 174 g/mol. The van der Waals surface area contributed by atoms with Gasteiger partial charge in [-0.25, -0.2) is 0 Å². The summed E-state index contributed by atoms with van der Waals surface area (Å²) in [5.41, 5.74) is 1.18. The minimum Gasteiger partial charge on any atom is -0.394 e. The Bertz CT molecular complexity index is 269. The zero-order valence-corrected chi connectivity index (χ0v) is 8.32. The molecule has 0 spiro atoms. The third kappa shape index (κ3) is 2.56. The van der Waals surface area contributed by atoms with Crippen molar-refractivity contribution in [1.29, 1.82) is 0 Å². The number of nitrogens with one attached hydrogen (secondary N) is 1. The van der Waals surface area contributed by atoms with Crippen LogP contribution in [-0.2, 0) is 0 Å². The van der Waals surface area contributed by atoms with Crippen LogP contribution in [0.25, 0.3) is 0 Å². The van der Waals surface area contributed by atoms with E-state index >= 15 is 0 Å². The molecular formula is C12H17NO. The second-order valence-electron chi connectivity index (χ2n) is 4.00. The quantitative estimate of drug-likeness (QED) is 0.742. The van der Waals surface area contributed by atoms with Crippen LogP contribution < -0.4 is 5.32 Å². The number of aliphatic hydroxyl groups excluding tert-OH is 1. The van der Waals surface area contributed by atoms with Gasteiger partial charge in [-0.05, 0) is 30.9 Å². The number of benzene rings is 1. The Morgan fingerprint density at radius 1 is 1.29 bits per heavy atom. The second kappa shape index (κ2) is 4.58. The zero-order chi connectivity index (χ0) is 9.80. The summed E-state index contributed by atoms with van der Waals surface area (Å²) in [6.07, 6.45) is 2.69. The molecule has 76 valence electrons. The molecule has 1 aromatic carbocycles. The SMILES string of the molecule is OCC(NCC1CC1)c1ccccc1. The van der Waals surface area contributed by atoms with E-state index < -0.39 is 0 Å². The van der Waals surface area contributed by atoms with Crippen LogP contribution in [0.4, 0.5) is 0 Å². The minimum atomic E-state index is 0.108. The Morgan fingerprint density at radius 2 is 2.00 bits per heavy atom. The largest absolute Gasteiger partial charge is 0.394 e. The van der Waals surface area contributed by atoms with Gasteiger partial charge in [0.15, 0.2) is 0 Å². The third-order valence-corrected chi connectivity index (χ3v) is 2.73. The molecule has 2 rings (SSSR count). The molecule has 0 radical (unpaired) electrons. The van der Waals surface area contributed by atoms with E-state index in [1.165, 1.54) is 18.4 Å². The fourth-order valence-electron chi connectivity index (χ4n) is 1.60. The summed E-state index contributed by atoms with van der Waals surface area (Å²) < 4.78 is 0. The first-order valence-corrected chi connectivity index (χ1v) is 5.29. The minimum absolute atomic E-state index is 0.108. The number of rotatable bonds is 5. The molecule has 0 heterocycles. The van der Waals surface area contributed by atoms with Crippen LogP contribution in [-0.4, -0.2) is 18.3 Å². The molecule has 0 bridgehead atoms. The van der Waals surface area contributed by atoms with Gasteiger partial charge in [0.25, 0.3) is 0 Å². The second-order valence-corrected chi connectivity index (χ2v) is 4.00. The molecule has 1 aliphatic carbocycles.